The van der Waals surface area contributed by atoms with Crippen LogP contribution in [0.15, 0.2) is 18.2 Å². The molecule has 25 heavy (non-hydrogen) atoms. The highest BCUT2D eigenvalue weighted by Gasteiger charge is 2.31. The van der Waals surface area contributed by atoms with Crippen molar-refractivity contribution in [3.05, 3.63) is 29.3 Å². The molecule has 0 bridgehead atoms. The lowest BCUT2D eigenvalue weighted by Gasteiger charge is -2.31. The molecule has 0 unspecified atom stereocenters. The number of sulfonamides is 1. The third kappa shape index (κ3) is 4.73. The van der Waals surface area contributed by atoms with Crippen LogP contribution in [0.1, 0.15) is 43.9 Å². The first-order valence-electron chi connectivity index (χ1n) is 8.71. The van der Waals surface area contributed by atoms with Gasteiger partial charge in [-0.05, 0) is 50.8 Å². The topological polar surface area (TPSA) is 75.7 Å². The van der Waals surface area contributed by atoms with Crippen LogP contribution in [-0.2, 0) is 14.8 Å². The number of nitrogens with one attached hydrogen (secondary N) is 1. The van der Waals surface area contributed by atoms with Crippen molar-refractivity contribution >= 4 is 15.9 Å². The average molecular weight is 368 g/mol. The molecule has 0 aliphatic carbocycles. The molecule has 140 valence electrons. The predicted molar refractivity (Wildman–Crippen MR) is 98.0 cm³/mol. The molecule has 6 nitrogen and oxygen atoms in total. The van der Waals surface area contributed by atoms with Gasteiger partial charge in [0.05, 0.1) is 24.8 Å². The van der Waals surface area contributed by atoms with Crippen molar-refractivity contribution in [2.45, 2.75) is 39.7 Å². The van der Waals surface area contributed by atoms with Gasteiger partial charge in [-0.3, -0.25) is 4.79 Å². The van der Waals surface area contributed by atoms with Crippen LogP contribution in [0.3, 0.4) is 0 Å². The molecule has 0 saturated carbocycles. The Morgan fingerprint density at radius 1 is 1.44 bits per heavy atom. The Labute approximate surface area is 150 Å². The van der Waals surface area contributed by atoms with E-state index in [1.165, 1.54) is 4.31 Å². The second-order valence-electron chi connectivity index (χ2n) is 6.56. The second-order valence-corrected chi connectivity index (χ2v) is 8.81. The van der Waals surface area contributed by atoms with Crippen molar-refractivity contribution < 1.29 is 17.9 Å². The molecule has 1 saturated heterocycles. The van der Waals surface area contributed by atoms with Gasteiger partial charge in [0.25, 0.3) is 0 Å². The molecule has 1 heterocycles. The van der Waals surface area contributed by atoms with E-state index in [4.69, 9.17) is 4.74 Å². The summed E-state index contributed by atoms with van der Waals surface area (Å²) >= 11 is 0. The molecular weight excluding hydrogens is 340 g/mol. The number of carbonyl (C=O) groups is 1. The molecule has 1 amide bonds. The number of piperidine rings is 1. The van der Waals surface area contributed by atoms with Gasteiger partial charge >= 0.3 is 0 Å². The van der Waals surface area contributed by atoms with Crippen LogP contribution < -0.4 is 10.1 Å². The molecule has 0 aromatic heterocycles. The van der Waals surface area contributed by atoms with Gasteiger partial charge in [-0.15, -0.1) is 0 Å². The maximum atomic E-state index is 12.6. The summed E-state index contributed by atoms with van der Waals surface area (Å²) in [5, 5.41) is 3.02. The molecule has 7 heteroatoms. The summed E-state index contributed by atoms with van der Waals surface area (Å²) in [6.45, 7) is 6.31. The van der Waals surface area contributed by atoms with E-state index >= 15 is 0 Å². The Morgan fingerprint density at radius 2 is 2.16 bits per heavy atom. The Hall–Kier alpha value is -1.60. The zero-order valence-electron chi connectivity index (χ0n) is 15.4. The molecule has 1 aromatic rings. The van der Waals surface area contributed by atoms with Crippen LogP contribution in [0.2, 0.25) is 0 Å². The van der Waals surface area contributed by atoms with E-state index in [0.29, 0.717) is 13.0 Å². The number of amides is 1. The Balaban J connectivity index is 2.02. The highest BCUT2D eigenvalue weighted by molar-refractivity contribution is 7.89. The maximum Gasteiger partial charge on any atom is 0.224 e. The molecule has 1 aliphatic heterocycles. The standard InChI is InChI=1S/C18H28N2O4S/c1-5-25(22,23)20-10-6-7-16(12-20)18(21)19-14(3)15-8-9-17(24-4)13(2)11-15/h8-9,11,14,16H,5-7,10,12H2,1-4H3,(H,19,21)/t14-,16+/m0/s1. The minimum atomic E-state index is -3.24. The number of methoxy groups -OCH3 is 1. The number of nitrogens with zero attached hydrogens (tertiary/aromatic N) is 1. The van der Waals surface area contributed by atoms with Gasteiger partial charge in [0.15, 0.2) is 0 Å². The van der Waals surface area contributed by atoms with Crippen LogP contribution in [-0.4, -0.2) is 44.6 Å². The Bertz CT molecular complexity index is 718. The van der Waals surface area contributed by atoms with Gasteiger partial charge in [0.2, 0.25) is 15.9 Å². The van der Waals surface area contributed by atoms with Gasteiger partial charge in [-0.1, -0.05) is 12.1 Å². The van der Waals surface area contributed by atoms with E-state index in [1.54, 1.807) is 14.0 Å². The van der Waals surface area contributed by atoms with Crippen molar-refractivity contribution in [3.8, 4) is 5.75 Å². The van der Waals surface area contributed by atoms with Crippen molar-refractivity contribution in [3.63, 3.8) is 0 Å². The lowest BCUT2D eigenvalue weighted by molar-refractivity contribution is -0.126. The number of ether oxygens (including phenoxy) is 1. The van der Waals surface area contributed by atoms with Crippen LogP contribution in [0.5, 0.6) is 5.75 Å². The van der Waals surface area contributed by atoms with Crippen molar-refractivity contribution in [2.24, 2.45) is 5.92 Å². The number of carbonyl (C=O) groups excluding carboxylic acids is 1. The van der Waals surface area contributed by atoms with E-state index < -0.39 is 10.0 Å². The van der Waals surface area contributed by atoms with Gasteiger partial charge in [0, 0.05) is 13.1 Å². The molecule has 0 spiro atoms. The fourth-order valence-electron chi connectivity index (χ4n) is 3.18. The summed E-state index contributed by atoms with van der Waals surface area (Å²) < 4.78 is 30.8. The number of hydrogen-bond acceptors (Lipinski definition) is 4. The minimum Gasteiger partial charge on any atom is -0.496 e. The van der Waals surface area contributed by atoms with E-state index in [0.717, 1.165) is 23.3 Å². The van der Waals surface area contributed by atoms with Gasteiger partial charge < -0.3 is 10.1 Å². The van der Waals surface area contributed by atoms with Crippen LogP contribution >= 0.6 is 0 Å². The normalized spacial score (nSPS) is 20.1. The molecule has 1 aliphatic rings. The van der Waals surface area contributed by atoms with Gasteiger partial charge in [-0.2, -0.15) is 0 Å². The Kier molecular flexibility index (Phi) is 6.46. The average Bonchev–Trinajstić information content (AvgIpc) is 2.61. The quantitative estimate of drug-likeness (QED) is 0.835. The predicted octanol–water partition coefficient (Wildman–Crippen LogP) is 2.24. The molecule has 1 aromatic carbocycles. The summed E-state index contributed by atoms with van der Waals surface area (Å²) in [7, 11) is -1.61. The molecular formula is C18H28N2O4S. The lowest BCUT2D eigenvalue weighted by Crippen LogP contribution is -2.46. The largest absolute Gasteiger partial charge is 0.496 e. The van der Waals surface area contributed by atoms with Crippen LogP contribution in [0, 0.1) is 12.8 Å². The zero-order valence-corrected chi connectivity index (χ0v) is 16.2. The number of hydrogen-bond donors (Lipinski definition) is 1. The molecule has 1 N–H and O–H groups in total. The fraction of sp³-hybridized carbons (Fsp3) is 0.611. The van der Waals surface area contributed by atoms with Crippen molar-refractivity contribution in [1.82, 2.24) is 9.62 Å². The highest BCUT2D eigenvalue weighted by Crippen LogP contribution is 2.24. The van der Waals surface area contributed by atoms with E-state index in [9.17, 15) is 13.2 Å². The van der Waals surface area contributed by atoms with E-state index in [2.05, 4.69) is 5.32 Å². The smallest absolute Gasteiger partial charge is 0.224 e. The zero-order chi connectivity index (χ0) is 18.6. The van der Waals surface area contributed by atoms with E-state index in [-0.39, 0.29) is 30.2 Å². The molecule has 1 fully saturated rings. The summed E-state index contributed by atoms with van der Waals surface area (Å²) in [5.74, 6) is 0.506. The summed E-state index contributed by atoms with van der Waals surface area (Å²) in [6, 6.07) is 5.68. The maximum absolute atomic E-state index is 12.6. The summed E-state index contributed by atoms with van der Waals surface area (Å²) in [5.41, 5.74) is 2.01. The van der Waals surface area contributed by atoms with E-state index in [1.807, 2.05) is 32.0 Å². The number of benzene rings is 1. The first-order chi connectivity index (χ1) is 11.8. The first-order valence-corrected chi connectivity index (χ1v) is 10.3. The monoisotopic (exact) mass is 368 g/mol. The summed E-state index contributed by atoms with van der Waals surface area (Å²) in [6.07, 6.45) is 1.43. The highest BCUT2D eigenvalue weighted by atomic mass is 32.2. The first kappa shape index (κ1) is 19.7. The minimum absolute atomic E-state index is 0.0723. The third-order valence-electron chi connectivity index (χ3n) is 4.79. The lowest BCUT2D eigenvalue weighted by atomic mass is 9.97. The van der Waals surface area contributed by atoms with Gasteiger partial charge in [-0.25, -0.2) is 12.7 Å². The summed E-state index contributed by atoms with van der Waals surface area (Å²) in [4.78, 5) is 12.6. The fourth-order valence-corrected chi connectivity index (χ4v) is 4.36. The van der Waals surface area contributed by atoms with Crippen molar-refractivity contribution in [1.29, 1.82) is 0 Å². The molecule has 0 radical (unpaired) electrons. The van der Waals surface area contributed by atoms with Crippen LogP contribution in [0.25, 0.3) is 0 Å². The number of rotatable bonds is 6. The van der Waals surface area contributed by atoms with Crippen molar-refractivity contribution in [2.75, 3.05) is 26.0 Å². The van der Waals surface area contributed by atoms with Crippen LogP contribution in [0.4, 0.5) is 0 Å². The van der Waals surface area contributed by atoms with Gasteiger partial charge in [0.1, 0.15) is 5.75 Å². The Morgan fingerprint density at radius 3 is 2.76 bits per heavy atom. The molecule has 2 atom stereocenters. The second kappa shape index (κ2) is 8.19. The SMILES string of the molecule is CCS(=O)(=O)N1CCC[C@@H](C(=O)N[C@@H](C)c2ccc(OC)c(C)c2)C1. The molecule has 2 rings (SSSR count). The number of aryl methyl sites for hydroxylation is 1. The third-order valence-corrected chi connectivity index (χ3v) is 6.64.